The third-order valence-electron chi connectivity index (χ3n) is 9.58. The summed E-state index contributed by atoms with van der Waals surface area (Å²) in [7, 11) is -1.89. The van der Waals surface area contributed by atoms with E-state index < -0.39 is 31.6 Å². The number of nitrogens with zero attached hydrogens (tertiary/aromatic N) is 2. The van der Waals surface area contributed by atoms with Crippen LogP contribution in [0.3, 0.4) is 0 Å². The summed E-state index contributed by atoms with van der Waals surface area (Å²) < 4.78 is 23.5. The van der Waals surface area contributed by atoms with Gasteiger partial charge in [0.1, 0.15) is 5.82 Å². The summed E-state index contributed by atoms with van der Waals surface area (Å²) in [5.74, 6) is -0.737. The monoisotopic (exact) mass is 687 g/mol. The van der Waals surface area contributed by atoms with Crippen LogP contribution in [0.15, 0.2) is 42.6 Å². The standard InChI is InChI=1S/C34H44Cl2FN5O3Si/c1-32(2,3)19-26-34(28-22(21-10-9-11-23(36)29(21)37)16-20(35)17-24(28)39-31(34)44)18-25(38-26)30(43)40-27-12-13-42(41-27)14-15-45-46(7,8)33(4,5)6/h9-13,16-17,25-26,38H,14-15,18-19H2,1-8H3,(H,39,44)(H,40,41,43)/t25-,26+,34+/m1/s1. The van der Waals surface area contributed by atoms with Gasteiger partial charge in [-0.25, -0.2) is 4.39 Å². The predicted octanol–water partition coefficient (Wildman–Crippen LogP) is 8.01. The highest BCUT2D eigenvalue weighted by molar-refractivity contribution is 6.74. The van der Waals surface area contributed by atoms with Crippen LogP contribution in [0.25, 0.3) is 11.1 Å². The Morgan fingerprint density at radius 1 is 1.15 bits per heavy atom. The first kappa shape index (κ1) is 34.6. The minimum Gasteiger partial charge on any atom is -0.415 e. The minimum atomic E-state index is -1.89. The number of hydrogen-bond donors (Lipinski definition) is 3. The Morgan fingerprint density at radius 2 is 1.87 bits per heavy atom. The second kappa shape index (κ2) is 12.4. The highest BCUT2D eigenvalue weighted by Gasteiger charge is 2.60. The Balaban J connectivity index is 1.43. The molecule has 3 N–H and O–H groups in total. The number of hydrogen-bond acceptors (Lipinski definition) is 5. The van der Waals surface area contributed by atoms with Crippen LogP contribution in [0.4, 0.5) is 15.9 Å². The number of benzene rings is 2. The van der Waals surface area contributed by atoms with Gasteiger partial charge in [0.05, 0.1) is 29.6 Å². The molecular weight excluding hydrogens is 644 g/mol. The average Bonchev–Trinajstić information content (AvgIpc) is 3.60. The maximum atomic E-state index is 15.5. The normalized spacial score (nSPS) is 21.5. The van der Waals surface area contributed by atoms with Gasteiger partial charge in [0.25, 0.3) is 0 Å². The van der Waals surface area contributed by atoms with E-state index in [9.17, 15) is 9.59 Å². The van der Waals surface area contributed by atoms with Crippen molar-refractivity contribution in [2.24, 2.45) is 5.41 Å². The van der Waals surface area contributed by atoms with Crippen molar-refractivity contribution >= 4 is 54.8 Å². The zero-order chi connectivity index (χ0) is 33.8. The van der Waals surface area contributed by atoms with Crippen molar-refractivity contribution in [3.63, 3.8) is 0 Å². The fraction of sp³-hybridized carbons (Fsp3) is 0.500. The predicted molar refractivity (Wildman–Crippen MR) is 186 cm³/mol. The van der Waals surface area contributed by atoms with Crippen molar-refractivity contribution in [3.05, 3.63) is 64.0 Å². The average molecular weight is 689 g/mol. The van der Waals surface area contributed by atoms with Crippen LogP contribution in [-0.2, 0) is 26.0 Å². The third kappa shape index (κ3) is 6.64. The van der Waals surface area contributed by atoms with Gasteiger partial charge < -0.3 is 20.4 Å². The SMILES string of the molecule is CC(C)(C)C[C@@H]1N[C@@H](C(=O)Nc2ccn(CCO[Si](C)(C)C(C)(C)C)n2)C[C@]12C(=O)Nc1cc(Cl)cc(-c3cccc(Cl)c3F)c12. The Hall–Kier alpha value is -2.76. The molecule has 0 unspecified atom stereocenters. The molecule has 3 aromatic rings. The van der Waals surface area contributed by atoms with Crippen molar-refractivity contribution in [3.8, 4) is 11.1 Å². The first-order valence-electron chi connectivity index (χ1n) is 15.7. The molecule has 0 aliphatic carbocycles. The molecule has 8 nitrogen and oxygen atoms in total. The molecule has 3 atom stereocenters. The van der Waals surface area contributed by atoms with E-state index in [0.29, 0.717) is 47.2 Å². The molecule has 3 heterocycles. The molecule has 1 saturated heterocycles. The topological polar surface area (TPSA) is 97.3 Å². The Kier molecular flexibility index (Phi) is 9.29. The summed E-state index contributed by atoms with van der Waals surface area (Å²) in [5, 5.41) is 14.4. The van der Waals surface area contributed by atoms with E-state index in [0.717, 1.165) is 0 Å². The first-order chi connectivity index (χ1) is 21.3. The Labute approximate surface area is 281 Å². The molecule has 12 heteroatoms. The van der Waals surface area contributed by atoms with Crippen molar-refractivity contribution in [1.29, 1.82) is 0 Å². The molecule has 248 valence electrons. The van der Waals surface area contributed by atoms with E-state index in [1.165, 1.54) is 6.07 Å². The van der Waals surface area contributed by atoms with E-state index in [1.807, 2.05) is 6.20 Å². The molecule has 2 aromatic carbocycles. The summed E-state index contributed by atoms with van der Waals surface area (Å²) in [5.41, 5.74) is 0.477. The fourth-order valence-electron chi connectivity index (χ4n) is 6.28. The first-order valence-corrected chi connectivity index (χ1v) is 19.3. The van der Waals surface area contributed by atoms with Crippen molar-refractivity contribution < 1.29 is 18.4 Å². The Morgan fingerprint density at radius 3 is 2.54 bits per heavy atom. The summed E-state index contributed by atoms with van der Waals surface area (Å²) in [6.07, 6.45) is 2.55. The zero-order valence-electron chi connectivity index (χ0n) is 27.8. The lowest BCUT2D eigenvalue weighted by Gasteiger charge is -2.36. The molecule has 5 rings (SSSR count). The van der Waals surface area contributed by atoms with Gasteiger partial charge in [0, 0.05) is 40.1 Å². The van der Waals surface area contributed by atoms with Crippen LogP contribution in [0.1, 0.15) is 59.9 Å². The molecule has 1 fully saturated rings. The summed E-state index contributed by atoms with van der Waals surface area (Å²) in [6, 6.07) is 8.72. The number of carbonyl (C=O) groups excluding carboxylic acids is 2. The maximum absolute atomic E-state index is 15.5. The Bertz CT molecular complexity index is 1670. The summed E-state index contributed by atoms with van der Waals surface area (Å²) in [6.45, 7) is 18.4. The lowest BCUT2D eigenvalue weighted by molar-refractivity contribution is -0.121. The number of fused-ring (bicyclic) bond motifs is 2. The molecule has 1 spiro atoms. The second-order valence-corrected chi connectivity index (χ2v) is 20.9. The third-order valence-corrected chi connectivity index (χ3v) is 14.6. The number of carbonyl (C=O) groups is 2. The fourth-order valence-corrected chi connectivity index (χ4v) is 7.71. The molecule has 46 heavy (non-hydrogen) atoms. The summed E-state index contributed by atoms with van der Waals surface area (Å²) >= 11 is 12.7. The molecule has 2 aliphatic heterocycles. The van der Waals surface area contributed by atoms with Gasteiger partial charge in [-0.3, -0.25) is 14.3 Å². The largest absolute Gasteiger partial charge is 0.415 e. The number of amides is 2. The second-order valence-electron chi connectivity index (χ2n) is 15.2. The molecule has 0 saturated carbocycles. The van der Waals surface area contributed by atoms with Gasteiger partial charge >= 0.3 is 0 Å². The van der Waals surface area contributed by atoms with Crippen molar-refractivity contribution in [1.82, 2.24) is 15.1 Å². The van der Waals surface area contributed by atoms with Gasteiger partial charge in [-0.05, 0) is 60.2 Å². The van der Waals surface area contributed by atoms with Crippen molar-refractivity contribution in [2.75, 3.05) is 17.2 Å². The highest BCUT2D eigenvalue weighted by Crippen LogP contribution is 2.54. The van der Waals surface area contributed by atoms with Crippen LogP contribution >= 0.6 is 23.2 Å². The zero-order valence-corrected chi connectivity index (χ0v) is 30.3. The van der Waals surface area contributed by atoms with E-state index in [2.05, 4.69) is 75.7 Å². The minimum absolute atomic E-state index is 0.0309. The van der Waals surface area contributed by atoms with Gasteiger partial charge in [-0.1, -0.05) is 76.9 Å². The molecule has 2 aliphatic rings. The van der Waals surface area contributed by atoms with E-state index in [4.69, 9.17) is 27.6 Å². The van der Waals surface area contributed by atoms with Gasteiger partial charge in [-0.2, -0.15) is 5.10 Å². The van der Waals surface area contributed by atoms with Crippen LogP contribution in [0, 0.1) is 11.2 Å². The van der Waals surface area contributed by atoms with E-state index in [1.54, 1.807) is 35.0 Å². The highest BCUT2D eigenvalue weighted by atomic mass is 35.5. The van der Waals surface area contributed by atoms with Crippen molar-refractivity contribution in [2.45, 2.75) is 96.6 Å². The molecule has 0 radical (unpaired) electrons. The summed E-state index contributed by atoms with van der Waals surface area (Å²) in [4.78, 5) is 27.9. The van der Waals surface area contributed by atoms with Crippen LogP contribution < -0.4 is 16.0 Å². The van der Waals surface area contributed by atoms with Gasteiger partial charge in [-0.15, -0.1) is 0 Å². The van der Waals surface area contributed by atoms with E-state index in [-0.39, 0.29) is 39.3 Å². The number of aromatic nitrogens is 2. The van der Waals surface area contributed by atoms with Crippen LogP contribution in [0.2, 0.25) is 28.2 Å². The number of halogens is 3. The number of rotatable bonds is 8. The molecule has 2 amide bonds. The van der Waals surface area contributed by atoms with E-state index >= 15 is 4.39 Å². The number of nitrogens with one attached hydrogen (secondary N) is 3. The lowest BCUT2D eigenvalue weighted by atomic mass is 9.68. The van der Waals surface area contributed by atoms with Gasteiger partial charge in [0.15, 0.2) is 14.1 Å². The molecule has 0 bridgehead atoms. The van der Waals surface area contributed by atoms with Crippen LogP contribution in [-0.4, -0.2) is 48.6 Å². The quantitative estimate of drug-likeness (QED) is 0.209. The lowest BCUT2D eigenvalue weighted by Crippen LogP contribution is -2.48. The smallest absolute Gasteiger partial charge is 0.242 e. The number of anilines is 2. The maximum Gasteiger partial charge on any atom is 0.242 e. The molecule has 1 aromatic heterocycles. The van der Waals surface area contributed by atoms with Gasteiger partial charge in [0.2, 0.25) is 11.8 Å². The van der Waals surface area contributed by atoms with Crippen LogP contribution in [0.5, 0.6) is 0 Å². The molecular formula is C34H44Cl2FN5O3Si.